The van der Waals surface area contributed by atoms with Crippen molar-refractivity contribution in [1.82, 2.24) is 9.78 Å². The lowest BCUT2D eigenvalue weighted by atomic mass is 10.2. The molecule has 1 aromatic heterocycles. The van der Waals surface area contributed by atoms with Gasteiger partial charge in [0.15, 0.2) is 5.75 Å². The Balaban J connectivity index is 2.34. The summed E-state index contributed by atoms with van der Waals surface area (Å²) < 4.78 is 6.85. The van der Waals surface area contributed by atoms with Crippen molar-refractivity contribution in [3.63, 3.8) is 0 Å². The fourth-order valence-corrected chi connectivity index (χ4v) is 1.25. The van der Waals surface area contributed by atoms with E-state index in [0.717, 1.165) is 11.4 Å². The number of aryl methyl sites for hydroxylation is 1. The Bertz CT molecular complexity index is 417. The Morgan fingerprint density at radius 1 is 1.21 bits per heavy atom. The summed E-state index contributed by atoms with van der Waals surface area (Å²) in [5.74, 6) is 0.769. The third kappa shape index (κ3) is 1.62. The molecular formula is C11H12N2O. The molecule has 0 aliphatic rings. The summed E-state index contributed by atoms with van der Waals surface area (Å²) in [5, 5.41) is 4.18. The van der Waals surface area contributed by atoms with E-state index >= 15 is 0 Å². The zero-order valence-corrected chi connectivity index (χ0v) is 8.27. The average molecular weight is 188 g/mol. The van der Waals surface area contributed by atoms with E-state index in [1.807, 2.05) is 18.3 Å². The van der Waals surface area contributed by atoms with Crippen LogP contribution in [0.1, 0.15) is 5.56 Å². The van der Waals surface area contributed by atoms with Gasteiger partial charge in [0.1, 0.15) is 0 Å². The first kappa shape index (κ1) is 8.81. The van der Waals surface area contributed by atoms with Crippen LogP contribution in [-0.4, -0.2) is 16.9 Å². The molecule has 3 nitrogen and oxygen atoms in total. The van der Waals surface area contributed by atoms with Crippen LogP contribution in [0.2, 0.25) is 0 Å². The normalized spacial score (nSPS) is 10.1. The average Bonchev–Trinajstić information content (AvgIpc) is 2.67. The Morgan fingerprint density at radius 2 is 1.93 bits per heavy atom. The molecule has 2 aromatic rings. The van der Waals surface area contributed by atoms with Crippen molar-refractivity contribution in [3.05, 3.63) is 42.2 Å². The topological polar surface area (TPSA) is 27.1 Å². The first-order valence-corrected chi connectivity index (χ1v) is 4.45. The second-order valence-electron chi connectivity index (χ2n) is 3.16. The van der Waals surface area contributed by atoms with Crippen LogP contribution >= 0.6 is 0 Å². The van der Waals surface area contributed by atoms with E-state index in [0.29, 0.717) is 0 Å². The van der Waals surface area contributed by atoms with E-state index in [4.69, 9.17) is 4.74 Å². The van der Waals surface area contributed by atoms with Crippen molar-refractivity contribution in [2.45, 2.75) is 6.92 Å². The predicted octanol–water partition coefficient (Wildman–Crippen LogP) is 2.19. The maximum atomic E-state index is 5.06. The minimum atomic E-state index is 0.769. The van der Waals surface area contributed by atoms with E-state index in [9.17, 15) is 0 Å². The molecule has 1 heterocycles. The molecule has 0 spiro atoms. The molecule has 0 aliphatic heterocycles. The SMILES string of the molecule is COc1cnn(-c2ccc(C)cc2)c1. The van der Waals surface area contributed by atoms with Gasteiger partial charge in [0.05, 0.1) is 25.2 Å². The molecule has 0 N–H and O–H groups in total. The summed E-state index contributed by atoms with van der Waals surface area (Å²) in [7, 11) is 1.64. The Kier molecular flexibility index (Phi) is 2.23. The molecule has 1 aromatic carbocycles. The lowest BCUT2D eigenvalue weighted by molar-refractivity contribution is 0.414. The summed E-state index contributed by atoms with van der Waals surface area (Å²) in [6.07, 6.45) is 3.55. The van der Waals surface area contributed by atoms with Crippen molar-refractivity contribution in [2.24, 2.45) is 0 Å². The van der Waals surface area contributed by atoms with Crippen LogP contribution in [0.3, 0.4) is 0 Å². The smallest absolute Gasteiger partial charge is 0.157 e. The highest BCUT2D eigenvalue weighted by Crippen LogP contribution is 2.13. The second-order valence-corrected chi connectivity index (χ2v) is 3.16. The minimum Gasteiger partial charge on any atom is -0.493 e. The fraction of sp³-hybridized carbons (Fsp3) is 0.182. The molecule has 0 atom stereocenters. The van der Waals surface area contributed by atoms with Gasteiger partial charge in [-0.2, -0.15) is 5.10 Å². The molecule has 0 aliphatic carbocycles. The lowest BCUT2D eigenvalue weighted by Crippen LogP contribution is -1.93. The second kappa shape index (κ2) is 3.54. The zero-order valence-electron chi connectivity index (χ0n) is 8.27. The minimum absolute atomic E-state index is 0.769. The van der Waals surface area contributed by atoms with E-state index in [-0.39, 0.29) is 0 Å². The van der Waals surface area contributed by atoms with Gasteiger partial charge < -0.3 is 4.74 Å². The number of hydrogen-bond acceptors (Lipinski definition) is 2. The highest BCUT2D eigenvalue weighted by Gasteiger charge is 1.99. The Hall–Kier alpha value is -1.77. The third-order valence-corrected chi connectivity index (χ3v) is 2.09. The van der Waals surface area contributed by atoms with Gasteiger partial charge >= 0.3 is 0 Å². The summed E-state index contributed by atoms with van der Waals surface area (Å²) in [6, 6.07) is 8.18. The molecule has 14 heavy (non-hydrogen) atoms. The van der Waals surface area contributed by atoms with Crippen molar-refractivity contribution in [2.75, 3.05) is 7.11 Å². The van der Waals surface area contributed by atoms with E-state index in [1.165, 1.54) is 5.56 Å². The van der Waals surface area contributed by atoms with Gasteiger partial charge in [-0.15, -0.1) is 0 Å². The van der Waals surface area contributed by atoms with Crippen LogP contribution < -0.4 is 4.74 Å². The van der Waals surface area contributed by atoms with E-state index < -0.39 is 0 Å². The number of nitrogens with zero attached hydrogens (tertiary/aromatic N) is 2. The first-order valence-electron chi connectivity index (χ1n) is 4.45. The van der Waals surface area contributed by atoms with Crippen LogP contribution in [-0.2, 0) is 0 Å². The molecule has 0 saturated heterocycles. The molecule has 72 valence electrons. The van der Waals surface area contributed by atoms with Gasteiger partial charge in [-0.25, -0.2) is 4.68 Å². The molecule has 0 unspecified atom stereocenters. The number of aromatic nitrogens is 2. The van der Waals surface area contributed by atoms with Crippen molar-refractivity contribution in [1.29, 1.82) is 0 Å². The van der Waals surface area contributed by atoms with E-state index in [1.54, 1.807) is 18.0 Å². The summed E-state index contributed by atoms with van der Waals surface area (Å²) >= 11 is 0. The van der Waals surface area contributed by atoms with Gasteiger partial charge in [-0.1, -0.05) is 17.7 Å². The predicted molar refractivity (Wildman–Crippen MR) is 54.9 cm³/mol. The Labute approximate surface area is 82.9 Å². The largest absolute Gasteiger partial charge is 0.493 e. The number of benzene rings is 1. The Morgan fingerprint density at radius 3 is 2.50 bits per heavy atom. The van der Waals surface area contributed by atoms with Crippen molar-refractivity contribution in [3.8, 4) is 11.4 Å². The van der Waals surface area contributed by atoms with Crippen molar-refractivity contribution < 1.29 is 4.74 Å². The van der Waals surface area contributed by atoms with Crippen LogP contribution in [0, 0.1) is 6.92 Å². The molecule has 0 amide bonds. The standard InChI is InChI=1S/C11H12N2O/c1-9-3-5-10(6-4-9)13-8-11(14-2)7-12-13/h3-8H,1-2H3. The third-order valence-electron chi connectivity index (χ3n) is 2.09. The highest BCUT2D eigenvalue weighted by molar-refractivity contribution is 5.34. The van der Waals surface area contributed by atoms with Crippen LogP contribution in [0.5, 0.6) is 5.75 Å². The first-order chi connectivity index (χ1) is 6.79. The highest BCUT2D eigenvalue weighted by atomic mass is 16.5. The molecular weight excluding hydrogens is 176 g/mol. The molecule has 0 radical (unpaired) electrons. The maximum Gasteiger partial charge on any atom is 0.157 e. The number of hydrogen-bond donors (Lipinski definition) is 0. The van der Waals surface area contributed by atoms with Gasteiger partial charge in [0, 0.05) is 0 Å². The number of ether oxygens (including phenoxy) is 1. The summed E-state index contributed by atoms with van der Waals surface area (Å²) in [5.41, 5.74) is 2.28. The van der Waals surface area contributed by atoms with Crippen LogP contribution in [0.4, 0.5) is 0 Å². The van der Waals surface area contributed by atoms with Crippen LogP contribution in [0.25, 0.3) is 5.69 Å². The molecule has 0 fully saturated rings. The van der Waals surface area contributed by atoms with Crippen molar-refractivity contribution >= 4 is 0 Å². The van der Waals surface area contributed by atoms with Crippen LogP contribution in [0.15, 0.2) is 36.7 Å². The fourth-order valence-electron chi connectivity index (χ4n) is 1.25. The molecule has 2 rings (SSSR count). The van der Waals surface area contributed by atoms with E-state index in [2.05, 4.69) is 24.2 Å². The summed E-state index contributed by atoms with van der Waals surface area (Å²) in [6.45, 7) is 2.06. The molecule has 3 heteroatoms. The van der Waals surface area contributed by atoms with Gasteiger partial charge in [-0.05, 0) is 19.1 Å². The quantitative estimate of drug-likeness (QED) is 0.722. The zero-order chi connectivity index (χ0) is 9.97. The maximum absolute atomic E-state index is 5.06. The summed E-state index contributed by atoms with van der Waals surface area (Å²) in [4.78, 5) is 0. The number of methoxy groups -OCH3 is 1. The van der Waals surface area contributed by atoms with Gasteiger partial charge in [0.2, 0.25) is 0 Å². The number of rotatable bonds is 2. The lowest BCUT2D eigenvalue weighted by Gasteiger charge is -2.00. The van der Waals surface area contributed by atoms with Gasteiger partial charge in [-0.3, -0.25) is 0 Å². The monoisotopic (exact) mass is 188 g/mol. The molecule has 0 saturated carbocycles. The molecule has 0 bridgehead atoms. The van der Waals surface area contributed by atoms with Gasteiger partial charge in [0.25, 0.3) is 0 Å².